The lowest BCUT2D eigenvalue weighted by Crippen LogP contribution is -2.48. The van der Waals surface area contributed by atoms with E-state index in [-0.39, 0.29) is 17.6 Å². The number of carbonyl (C=O) groups is 2. The molecule has 5 nitrogen and oxygen atoms in total. The molecule has 0 saturated carbocycles. The molecule has 22 heavy (non-hydrogen) atoms. The van der Waals surface area contributed by atoms with Crippen molar-refractivity contribution in [2.45, 2.75) is 33.3 Å². The maximum Gasteiger partial charge on any atom is 0.268 e. The number of hydrogen-bond donors (Lipinski definition) is 1. The summed E-state index contributed by atoms with van der Waals surface area (Å²) in [5.74, 6) is 0.799. The molecule has 0 bridgehead atoms. The lowest BCUT2D eigenvalue weighted by molar-refractivity contribution is -0.128. The molecule has 1 unspecified atom stereocenters. The molecule has 0 saturated heterocycles. The van der Waals surface area contributed by atoms with E-state index in [1.807, 2.05) is 27.8 Å². The second-order valence-corrected chi connectivity index (χ2v) is 5.82. The van der Waals surface area contributed by atoms with E-state index in [0.29, 0.717) is 36.5 Å². The zero-order valence-electron chi connectivity index (χ0n) is 13.7. The monoisotopic (exact) mass is 304 g/mol. The number of rotatable bonds is 6. The van der Waals surface area contributed by atoms with E-state index in [9.17, 15) is 9.59 Å². The molecule has 2 rings (SSSR count). The van der Waals surface area contributed by atoms with E-state index in [4.69, 9.17) is 4.74 Å². The highest BCUT2D eigenvalue weighted by Gasteiger charge is 2.35. The molecular weight excluding hydrogens is 280 g/mol. The quantitative estimate of drug-likeness (QED) is 0.819. The van der Waals surface area contributed by atoms with Gasteiger partial charge < -0.3 is 15.0 Å². The van der Waals surface area contributed by atoms with Gasteiger partial charge in [0.25, 0.3) is 5.91 Å². The number of benzene rings is 1. The minimum Gasteiger partial charge on any atom is -0.478 e. The Morgan fingerprint density at radius 2 is 2.14 bits per heavy atom. The third-order valence-electron chi connectivity index (χ3n) is 3.86. The van der Waals surface area contributed by atoms with Gasteiger partial charge in [-0.1, -0.05) is 13.8 Å². The van der Waals surface area contributed by atoms with E-state index in [0.717, 1.165) is 0 Å². The lowest BCUT2D eigenvalue weighted by Gasteiger charge is -2.35. The Morgan fingerprint density at radius 1 is 1.41 bits per heavy atom. The standard InChI is InChI=1S/C17H24N2O3/c1-5-19-13-10-12(14(20)8-9-18-4)6-7-15(13)22-16(11(2)3)17(19)21/h6-7,10-11,16,18H,5,8-9H2,1-4H3. The summed E-state index contributed by atoms with van der Waals surface area (Å²) in [6, 6.07) is 5.34. The molecule has 0 spiro atoms. The van der Waals surface area contributed by atoms with Crippen LogP contribution in [0.5, 0.6) is 5.75 Å². The second-order valence-electron chi connectivity index (χ2n) is 5.82. The number of nitrogens with zero attached hydrogens (tertiary/aromatic N) is 1. The highest BCUT2D eigenvalue weighted by molar-refractivity contribution is 6.03. The normalized spacial score (nSPS) is 17.4. The summed E-state index contributed by atoms with van der Waals surface area (Å²) in [6.07, 6.45) is -0.0246. The van der Waals surface area contributed by atoms with Crippen LogP contribution in [0, 0.1) is 5.92 Å². The molecule has 1 heterocycles. The first kappa shape index (κ1) is 16.5. The van der Waals surface area contributed by atoms with E-state index >= 15 is 0 Å². The summed E-state index contributed by atoms with van der Waals surface area (Å²) in [5, 5.41) is 2.97. The second kappa shape index (κ2) is 6.92. The van der Waals surface area contributed by atoms with Crippen LogP contribution >= 0.6 is 0 Å². The Balaban J connectivity index is 2.34. The molecular formula is C17H24N2O3. The average molecular weight is 304 g/mol. The topological polar surface area (TPSA) is 58.6 Å². The molecule has 120 valence electrons. The van der Waals surface area contributed by atoms with Gasteiger partial charge in [0.1, 0.15) is 5.75 Å². The number of amides is 1. The van der Waals surface area contributed by atoms with Crippen molar-refractivity contribution in [1.82, 2.24) is 5.32 Å². The zero-order chi connectivity index (χ0) is 16.3. The fourth-order valence-corrected chi connectivity index (χ4v) is 2.59. The Kier molecular flexibility index (Phi) is 5.19. The molecule has 1 N–H and O–H groups in total. The van der Waals surface area contributed by atoms with Crippen LogP contribution in [0.3, 0.4) is 0 Å². The van der Waals surface area contributed by atoms with Crippen LogP contribution in [-0.2, 0) is 4.79 Å². The molecule has 5 heteroatoms. The molecule has 0 aromatic heterocycles. The average Bonchev–Trinajstić information content (AvgIpc) is 2.51. The van der Waals surface area contributed by atoms with Gasteiger partial charge in [0.15, 0.2) is 11.9 Å². The molecule has 0 aliphatic carbocycles. The molecule has 1 atom stereocenters. The number of Topliss-reactive ketones (excluding diaryl/α,β-unsaturated/α-hetero) is 1. The number of carbonyl (C=O) groups excluding carboxylic acids is 2. The molecule has 0 radical (unpaired) electrons. The first-order valence-corrected chi connectivity index (χ1v) is 7.79. The van der Waals surface area contributed by atoms with Crippen LogP contribution < -0.4 is 15.0 Å². The van der Waals surface area contributed by atoms with Crippen LogP contribution in [-0.4, -0.2) is 37.9 Å². The van der Waals surface area contributed by atoms with Crippen LogP contribution in [0.2, 0.25) is 0 Å². The van der Waals surface area contributed by atoms with Crippen molar-refractivity contribution in [2.75, 3.05) is 25.0 Å². The number of ketones is 1. The summed E-state index contributed by atoms with van der Waals surface area (Å²) < 4.78 is 5.84. The van der Waals surface area contributed by atoms with Crippen molar-refractivity contribution < 1.29 is 14.3 Å². The SMILES string of the molecule is CCN1C(=O)C(C(C)C)Oc2ccc(C(=O)CCNC)cc21. The van der Waals surface area contributed by atoms with Crippen LogP contribution in [0.15, 0.2) is 18.2 Å². The lowest BCUT2D eigenvalue weighted by atomic mass is 10.0. The third kappa shape index (κ3) is 3.14. The van der Waals surface area contributed by atoms with Crippen LogP contribution in [0.1, 0.15) is 37.6 Å². The summed E-state index contributed by atoms with van der Waals surface area (Å²) >= 11 is 0. The molecule has 1 amide bonds. The van der Waals surface area contributed by atoms with Gasteiger partial charge in [0.2, 0.25) is 0 Å². The minimum absolute atomic E-state index is 0.0372. The summed E-state index contributed by atoms with van der Waals surface area (Å²) in [7, 11) is 1.82. The molecule has 1 aromatic carbocycles. The Bertz CT molecular complexity index is 569. The molecule has 1 aliphatic heterocycles. The number of ether oxygens (including phenoxy) is 1. The fourth-order valence-electron chi connectivity index (χ4n) is 2.59. The number of anilines is 1. The van der Waals surface area contributed by atoms with Gasteiger partial charge in [-0.25, -0.2) is 0 Å². The minimum atomic E-state index is -0.460. The van der Waals surface area contributed by atoms with Gasteiger partial charge in [-0.2, -0.15) is 0 Å². The van der Waals surface area contributed by atoms with Crippen molar-refractivity contribution in [3.05, 3.63) is 23.8 Å². The summed E-state index contributed by atoms with van der Waals surface area (Å²) in [4.78, 5) is 26.4. The first-order valence-electron chi connectivity index (χ1n) is 7.79. The van der Waals surface area contributed by atoms with E-state index in [1.54, 1.807) is 23.1 Å². The Morgan fingerprint density at radius 3 is 2.73 bits per heavy atom. The molecule has 1 aromatic rings. The maximum absolute atomic E-state index is 12.5. The van der Waals surface area contributed by atoms with Crippen molar-refractivity contribution in [1.29, 1.82) is 0 Å². The fraction of sp³-hybridized carbons (Fsp3) is 0.529. The first-order chi connectivity index (χ1) is 10.5. The van der Waals surface area contributed by atoms with Crippen molar-refractivity contribution in [2.24, 2.45) is 5.92 Å². The molecule has 1 aliphatic rings. The van der Waals surface area contributed by atoms with Crippen molar-refractivity contribution >= 4 is 17.4 Å². The summed E-state index contributed by atoms with van der Waals surface area (Å²) in [5.41, 5.74) is 1.31. The number of hydrogen-bond acceptors (Lipinski definition) is 4. The predicted molar refractivity (Wildman–Crippen MR) is 86.6 cm³/mol. The number of fused-ring (bicyclic) bond motifs is 1. The third-order valence-corrected chi connectivity index (χ3v) is 3.86. The van der Waals surface area contributed by atoms with Gasteiger partial charge in [0, 0.05) is 25.1 Å². The molecule has 0 fully saturated rings. The van der Waals surface area contributed by atoms with Crippen LogP contribution in [0.4, 0.5) is 5.69 Å². The highest BCUT2D eigenvalue weighted by atomic mass is 16.5. The predicted octanol–water partition coefficient (Wildman–Crippen LogP) is 2.25. The van der Waals surface area contributed by atoms with E-state index in [1.165, 1.54) is 0 Å². The number of likely N-dealkylation sites (N-methyl/N-ethyl adjacent to an activating group) is 1. The Labute approximate surface area is 131 Å². The van der Waals surface area contributed by atoms with E-state index in [2.05, 4.69) is 5.32 Å². The largest absolute Gasteiger partial charge is 0.478 e. The zero-order valence-corrected chi connectivity index (χ0v) is 13.7. The van der Waals surface area contributed by atoms with Gasteiger partial charge in [0.05, 0.1) is 5.69 Å². The highest BCUT2D eigenvalue weighted by Crippen LogP contribution is 2.36. The smallest absolute Gasteiger partial charge is 0.268 e. The summed E-state index contributed by atoms with van der Waals surface area (Å²) in [6.45, 7) is 7.07. The van der Waals surface area contributed by atoms with Gasteiger partial charge in [-0.15, -0.1) is 0 Å². The van der Waals surface area contributed by atoms with Gasteiger partial charge in [-0.05, 0) is 38.1 Å². The van der Waals surface area contributed by atoms with Gasteiger partial charge >= 0.3 is 0 Å². The van der Waals surface area contributed by atoms with E-state index < -0.39 is 6.10 Å². The number of nitrogens with one attached hydrogen (secondary N) is 1. The van der Waals surface area contributed by atoms with Crippen molar-refractivity contribution in [3.63, 3.8) is 0 Å². The Hall–Kier alpha value is -1.88. The van der Waals surface area contributed by atoms with Crippen LogP contribution in [0.25, 0.3) is 0 Å². The van der Waals surface area contributed by atoms with Crippen molar-refractivity contribution in [3.8, 4) is 5.75 Å². The van der Waals surface area contributed by atoms with Gasteiger partial charge in [-0.3, -0.25) is 9.59 Å². The maximum atomic E-state index is 12.5.